The van der Waals surface area contributed by atoms with E-state index >= 15 is 0 Å². The van der Waals surface area contributed by atoms with Crippen LogP contribution in [0.4, 0.5) is 15.8 Å². The molecule has 0 bridgehead atoms. The number of carbonyl (C=O) groups excluding carboxylic acids is 2. The van der Waals surface area contributed by atoms with Crippen molar-refractivity contribution in [3.63, 3.8) is 0 Å². The molecule has 0 radical (unpaired) electrons. The van der Waals surface area contributed by atoms with E-state index < -0.39 is 27.7 Å². The summed E-state index contributed by atoms with van der Waals surface area (Å²) in [6.07, 6.45) is 0. The second kappa shape index (κ2) is 11.7. The summed E-state index contributed by atoms with van der Waals surface area (Å²) in [6, 6.07) is 9.59. The Bertz CT molecular complexity index is 1090. The maximum absolute atomic E-state index is 13.2. The number of halogens is 1. The van der Waals surface area contributed by atoms with Crippen molar-refractivity contribution in [2.75, 3.05) is 58.0 Å². The topological polar surface area (TPSA) is 134 Å². The number of anilines is 2. The molecular weight excluding hydrogens is 453 g/mol. The molecule has 0 fully saturated rings. The highest BCUT2D eigenvalue weighted by atomic mass is 32.2. The van der Waals surface area contributed by atoms with Gasteiger partial charge in [0.2, 0.25) is 21.8 Å². The average Bonchev–Trinajstić information content (AvgIpc) is 2.67. The molecule has 33 heavy (non-hydrogen) atoms. The molecular formula is C21H28FN5O5S. The third kappa shape index (κ3) is 9.14. The van der Waals surface area contributed by atoms with E-state index in [1.807, 2.05) is 19.0 Å². The lowest BCUT2D eigenvalue weighted by Crippen LogP contribution is -2.36. The van der Waals surface area contributed by atoms with Crippen molar-refractivity contribution < 1.29 is 27.1 Å². The van der Waals surface area contributed by atoms with Gasteiger partial charge in [0.1, 0.15) is 23.1 Å². The summed E-state index contributed by atoms with van der Waals surface area (Å²) in [5, 5.41) is 10.4. The maximum Gasteiger partial charge on any atom is 0.241 e. The van der Waals surface area contributed by atoms with Crippen LogP contribution in [0.15, 0.2) is 47.4 Å². The van der Waals surface area contributed by atoms with Gasteiger partial charge in [-0.1, -0.05) is 6.07 Å². The number of rotatable bonds is 11. The Morgan fingerprint density at radius 1 is 1.00 bits per heavy atom. The molecule has 0 spiro atoms. The van der Waals surface area contributed by atoms with Crippen LogP contribution < -0.4 is 20.5 Å². The largest absolute Gasteiger partial charge is 0.491 e. The average molecular weight is 482 g/mol. The second-order valence-electron chi connectivity index (χ2n) is 7.64. The number of hydrogen-bond donors (Lipinski definition) is 3. The normalized spacial score (nSPS) is 11.5. The summed E-state index contributed by atoms with van der Waals surface area (Å²) in [5.74, 6) is -1.29. The van der Waals surface area contributed by atoms with Gasteiger partial charge in [0.25, 0.3) is 0 Å². The van der Waals surface area contributed by atoms with Crippen LogP contribution in [0.2, 0.25) is 0 Å². The highest BCUT2D eigenvalue weighted by molar-refractivity contribution is 7.89. The molecule has 0 heterocycles. The number of nitrogens with two attached hydrogens (primary N) is 1. The van der Waals surface area contributed by atoms with E-state index in [4.69, 9.17) is 9.88 Å². The van der Waals surface area contributed by atoms with Gasteiger partial charge in [0.15, 0.2) is 0 Å². The molecule has 12 heteroatoms. The van der Waals surface area contributed by atoms with Gasteiger partial charge in [-0.2, -0.15) is 0 Å². The molecule has 0 atom stereocenters. The number of sulfonamides is 1. The standard InChI is InChI=1S/C21H28FN5O5S/c1-26(2)9-10-32-18-8-7-17(12-19(18)33(23,30)31)25-21(29)14-27(3)13-20(28)24-16-6-4-5-15(22)11-16/h4-8,11-12H,9-10,13-14H2,1-3H3,(H,24,28)(H,25,29)(H2,23,30,31). The first-order valence-corrected chi connectivity index (χ1v) is 11.5. The molecule has 0 aliphatic heterocycles. The van der Waals surface area contributed by atoms with Crippen molar-refractivity contribution in [3.8, 4) is 5.75 Å². The zero-order chi connectivity index (χ0) is 24.6. The van der Waals surface area contributed by atoms with Gasteiger partial charge in [0, 0.05) is 17.9 Å². The summed E-state index contributed by atoms with van der Waals surface area (Å²) >= 11 is 0. The van der Waals surface area contributed by atoms with Crippen LogP contribution in [0, 0.1) is 5.82 Å². The third-order valence-corrected chi connectivity index (χ3v) is 5.20. The van der Waals surface area contributed by atoms with Gasteiger partial charge >= 0.3 is 0 Å². The summed E-state index contributed by atoms with van der Waals surface area (Å²) in [4.78, 5) is 27.5. The van der Waals surface area contributed by atoms with Gasteiger partial charge in [-0.05, 0) is 57.5 Å². The summed E-state index contributed by atoms with van der Waals surface area (Å²) in [5.41, 5.74) is 0.517. The van der Waals surface area contributed by atoms with E-state index in [1.54, 1.807) is 13.1 Å². The minimum absolute atomic E-state index is 0.0866. The summed E-state index contributed by atoms with van der Waals surface area (Å²) in [7, 11) is 1.17. The lowest BCUT2D eigenvalue weighted by Gasteiger charge is -2.17. The highest BCUT2D eigenvalue weighted by Gasteiger charge is 2.18. The number of primary sulfonamides is 1. The molecule has 4 N–H and O–H groups in total. The van der Waals surface area contributed by atoms with Gasteiger partial charge in [-0.15, -0.1) is 0 Å². The molecule has 180 valence electrons. The second-order valence-corrected chi connectivity index (χ2v) is 9.17. The summed E-state index contributed by atoms with van der Waals surface area (Å²) < 4.78 is 42.6. The van der Waals surface area contributed by atoms with E-state index in [9.17, 15) is 22.4 Å². The Morgan fingerprint density at radius 2 is 1.61 bits per heavy atom. The Labute approximate surface area is 192 Å². The van der Waals surface area contributed by atoms with Crippen molar-refractivity contribution in [2.24, 2.45) is 5.14 Å². The Kier molecular flexibility index (Phi) is 9.29. The van der Waals surface area contributed by atoms with Crippen molar-refractivity contribution in [1.29, 1.82) is 0 Å². The van der Waals surface area contributed by atoms with Crippen LogP contribution in [0.5, 0.6) is 5.75 Å². The Morgan fingerprint density at radius 3 is 2.15 bits per heavy atom. The minimum atomic E-state index is -4.09. The van der Waals surface area contributed by atoms with Crippen molar-refractivity contribution in [1.82, 2.24) is 9.80 Å². The van der Waals surface area contributed by atoms with Gasteiger partial charge in [-0.3, -0.25) is 14.5 Å². The smallest absolute Gasteiger partial charge is 0.241 e. The number of ether oxygens (including phenoxy) is 1. The monoisotopic (exact) mass is 481 g/mol. The Hall–Kier alpha value is -3.06. The first-order chi connectivity index (χ1) is 15.4. The Balaban J connectivity index is 1.96. The van der Waals surface area contributed by atoms with Crippen LogP contribution in [0.1, 0.15) is 0 Å². The van der Waals surface area contributed by atoms with Crippen molar-refractivity contribution in [2.45, 2.75) is 4.90 Å². The van der Waals surface area contributed by atoms with E-state index in [2.05, 4.69) is 10.6 Å². The van der Waals surface area contributed by atoms with Crippen LogP contribution in [-0.2, 0) is 19.6 Å². The molecule has 10 nitrogen and oxygen atoms in total. The maximum atomic E-state index is 13.2. The highest BCUT2D eigenvalue weighted by Crippen LogP contribution is 2.26. The van der Waals surface area contributed by atoms with Gasteiger partial charge in [0.05, 0.1) is 13.1 Å². The molecule has 2 aromatic carbocycles. The number of benzene rings is 2. The fourth-order valence-electron chi connectivity index (χ4n) is 2.78. The molecule has 2 aromatic rings. The zero-order valence-corrected chi connectivity index (χ0v) is 19.5. The van der Waals surface area contributed by atoms with Gasteiger partial charge in [-0.25, -0.2) is 17.9 Å². The van der Waals surface area contributed by atoms with E-state index in [0.717, 1.165) is 0 Å². The molecule has 0 aliphatic rings. The lowest BCUT2D eigenvalue weighted by molar-refractivity contribution is -0.119. The number of nitrogens with one attached hydrogen (secondary N) is 2. The lowest BCUT2D eigenvalue weighted by atomic mass is 10.3. The number of nitrogens with zero attached hydrogens (tertiary/aromatic N) is 2. The van der Waals surface area contributed by atoms with E-state index in [1.165, 1.54) is 41.3 Å². The SMILES string of the molecule is CN(C)CCOc1ccc(NC(=O)CN(C)CC(=O)Nc2cccc(F)c2)cc1S(N)(=O)=O. The van der Waals surface area contributed by atoms with Gasteiger partial charge < -0.3 is 20.3 Å². The van der Waals surface area contributed by atoms with E-state index in [0.29, 0.717) is 12.2 Å². The van der Waals surface area contributed by atoms with Crippen LogP contribution in [0.25, 0.3) is 0 Å². The fraction of sp³-hybridized carbons (Fsp3) is 0.333. The molecule has 2 amide bonds. The zero-order valence-electron chi connectivity index (χ0n) is 18.7. The van der Waals surface area contributed by atoms with Crippen LogP contribution in [0.3, 0.4) is 0 Å². The first kappa shape index (κ1) is 26.2. The van der Waals surface area contributed by atoms with Crippen molar-refractivity contribution in [3.05, 3.63) is 48.3 Å². The fourth-order valence-corrected chi connectivity index (χ4v) is 3.48. The number of carbonyl (C=O) groups is 2. The number of likely N-dealkylation sites (N-methyl/N-ethyl adjacent to an activating group) is 2. The quantitative estimate of drug-likeness (QED) is 0.435. The number of hydrogen-bond acceptors (Lipinski definition) is 7. The van der Waals surface area contributed by atoms with Crippen LogP contribution in [-0.4, -0.2) is 77.4 Å². The van der Waals surface area contributed by atoms with Crippen molar-refractivity contribution >= 4 is 33.2 Å². The third-order valence-electron chi connectivity index (χ3n) is 4.27. The molecule has 0 saturated carbocycles. The molecule has 0 saturated heterocycles. The minimum Gasteiger partial charge on any atom is -0.491 e. The summed E-state index contributed by atoms with van der Waals surface area (Å²) in [6.45, 7) is 0.554. The molecule has 2 rings (SSSR count). The molecule has 0 aromatic heterocycles. The van der Waals surface area contributed by atoms with Crippen LogP contribution >= 0.6 is 0 Å². The number of amides is 2. The first-order valence-electron chi connectivity index (χ1n) is 9.92. The van der Waals surface area contributed by atoms with E-state index in [-0.39, 0.29) is 36.0 Å². The predicted molar refractivity (Wildman–Crippen MR) is 123 cm³/mol. The molecule has 0 aliphatic carbocycles. The predicted octanol–water partition coefficient (Wildman–Crippen LogP) is 0.923. The molecule has 0 unspecified atom stereocenters.